The second kappa shape index (κ2) is 14.0. The molecule has 2 heterocycles. The van der Waals surface area contributed by atoms with Gasteiger partial charge in [0.05, 0.1) is 13.2 Å². The van der Waals surface area contributed by atoms with Crippen LogP contribution in [0.15, 0.2) is 30.3 Å². The summed E-state index contributed by atoms with van der Waals surface area (Å²) in [5.74, 6) is 0. The Hall–Kier alpha value is -1.58. The van der Waals surface area contributed by atoms with Crippen molar-refractivity contribution in [1.82, 2.24) is 0 Å². The van der Waals surface area contributed by atoms with Gasteiger partial charge in [0.1, 0.15) is 12.2 Å². The van der Waals surface area contributed by atoms with Crippen molar-refractivity contribution in [3.8, 4) is 0 Å². The van der Waals surface area contributed by atoms with Gasteiger partial charge in [0.25, 0.3) is 6.04 Å². The van der Waals surface area contributed by atoms with E-state index in [0.29, 0.717) is 6.61 Å². The van der Waals surface area contributed by atoms with Crippen LogP contribution in [0.2, 0.25) is 0 Å². The summed E-state index contributed by atoms with van der Waals surface area (Å²) in [5.41, 5.74) is 0.792. The minimum Gasteiger partial charge on any atom is -0.383 e. The van der Waals surface area contributed by atoms with Crippen molar-refractivity contribution in [1.29, 1.82) is 0 Å². The molecule has 2 aliphatic heterocycles. The van der Waals surface area contributed by atoms with E-state index in [9.17, 15) is 15.2 Å². The number of nitro groups is 1. The van der Waals surface area contributed by atoms with Crippen LogP contribution in [-0.2, 0) is 18.9 Å². The fourth-order valence-corrected chi connectivity index (χ4v) is 4.51. The highest BCUT2D eigenvalue weighted by molar-refractivity contribution is 5.16. The van der Waals surface area contributed by atoms with E-state index in [1.54, 1.807) is 0 Å². The molecule has 0 aromatic heterocycles. The fourth-order valence-electron chi connectivity index (χ4n) is 4.51. The lowest BCUT2D eigenvalue weighted by atomic mass is 9.96. The molecule has 8 nitrogen and oxygen atoms in total. The topological polar surface area (TPSA) is 100 Å². The molecular formula is C25H39NO7. The highest BCUT2D eigenvalue weighted by Crippen LogP contribution is 2.35. The Kier molecular flexibility index (Phi) is 11.0. The monoisotopic (exact) mass is 465 g/mol. The number of aliphatic hydroxyl groups is 1. The minimum atomic E-state index is -1.40. The van der Waals surface area contributed by atoms with Gasteiger partial charge in [0.2, 0.25) is 6.29 Å². The molecule has 1 N–H and O–H groups in total. The summed E-state index contributed by atoms with van der Waals surface area (Å²) >= 11 is 0. The van der Waals surface area contributed by atoms with Gasteiger partial charge in [-0.3, -0.25) is 10.1 Å². The number of unbranched alkanes of at least 4 members (excludes halogenated alkanes) is 9. The maximum absolute atomic E-state index is 11.7. The van der Waals surface area contributed by atoms with Crippen molar-refractivity contribution in [2.45, 2.75) is 108 Å². The Labute approximate surface area is 196 Å². The van der Waals surface area contributed by atoms with Crippen molar-refractivity contribution in [2.75, 3.05) is 13.2 Å². The van der Waals surface area contributed by atoms with Gasteiger partial charge >= 0.3 is 0 Å². The first-order valence-corrected chi connectivity index (χ1v) is 12.5. The zero-order chi connectivity index (χ0) is 23.5. The van der Waals surface area contributed by atoms with E-state index >= 15 is 0 Å². The molecule has 0 unspecified atom stereocenters. The smallest absolute Gasteiger partial charge is 0.291 e. The predicted octanol–water partition coefficient (Wildman–Crippen LogP) is 4.77. The molecule has 0 radical (unpaired) electrons. The Balaban J connectivity index is 1.40. The highest BCUT2D eigenvalue weighted by Gasteiger charge is 2.55. The van der Waals surface area contributed by atoms with E-state index in [-0.39, 0.29) is 6.61 Å². The van der Waals surface area contributed by atoms with Crippen LogP contribution >= 0.6 is 0 Å². The van der Waals surface area contributed by atoms with E-state index in [1.165, 1.54) is 44.9 Å². The first-order chi connectivity index (χ1) is 16.1. The number of benzene rings is 1. The molecule has 0 saturated carbocycles. The summed E-state index contributed by atoms with van der Waals surface area (Å²) in [5, 5.41) is 22.5. The molecule has 0 aliphatic carbocycles. The van der Waals surface area contributed by atoms with E-state index in [4.69, 9.17) is 18.9 Å². The average Bonchev–Trinajstić information content (AvgIpc) is 2.82. The molecule has 186 valence electrons. The SMILES string of the molecule is CCCCCCCCCCCCO[C@@H]1O[C@@H]2CO[C@@H](c3ccccc3)O[C@H]2[C@H](O)[C@H]1[N+](=O)[O-]. The highest BCUT2D eigenvalue weighted by atomic mass is 16.8. The maximum Gasteiger partial charge on any atom is 0.291 e. The number of fused-ring (bicyclic) bond motifs is 1. The largest absolute Gasteiger partial charge is 0.383 e. The van der Waals surface area contributed by atoms with Gasteiger partial charge in [-0.25, -0.2) is 0 Å². The second-order valence-electron chi connectivity index (χ2n) is 9.04. The molecule has 3 rings (SSSR count). The van der Waals surface area contributed by atoms with Gasteiger partial charge in [-0.15, -0.1) is 0 Å². The molecule has 6 atom stereocenters. The molecule has 0 bridgehead atoms. The van der Waals surface area contributed by atoms with Gasteiger partial charge < -0.3 is 24.1 Å². The first-order valence-electron chi connectivity index (χ1n) is 12.5. The Morgan fingerprint density at radius 3 is 2.27 bits per heavy atom. The van der Waals surface area contributed by atoms with Gasteiger partial charge in [-0.1, -0.05) is 95.0 Å². The molecule has 1 aromatic carbocycles. The van der Waals surface area contributed by atoms with Crippen molar-refractivity contribution < 1.29 is 29.0 Å². The number of hydrogen-bond acceptors (Lipinski definition) is 7. The zero-order valence-corrected chi connectivity index (χ0v) is 19.7. The number of hydrogen-bond donors (Lipinski definition) is 1. The molecular weight excluding hydrogens is 426 g/mol. The molecule has 0 amide bonds. The summed E-state index contributed by atoms with van der Waals surface area (Å²) < 4.78 is 23.2. The quantitative estimate of drug-likeness (QED) is 0.240. The van der Waals surface area contributed by atoms with Crippen LogP contribution in [0, 0.1) is 10.1 Å². The molecule has 1 aromatic rings. The van der Waals surface area contributed by atoms with Gasteiger partial charge in [0.15, 0.2) is 12.4 Å². The normalized spacial score (nSPS) is 29.5. The Morgan fingerprint density at radius 2 is 1.64 bits per heavy atom. The predicted molar refractivity (Wildman–Crippen MR) is 123 cm³/mol. The van der Waals surface area contributed by atoms with Crippen molar-refractivity contribution in [2.24, 2.45) is 0 Å². The van der Waals surface area contributed by atoms with E-state index in [0.717, 1.165) is 24.8 Å². The third-order valence-corrected chi connectivity index (χ3v) is 6.43. The second-order valence-corrected chi connectivity index (χ2v) is 9.04. The van der Waals surface area contributed by atoms with Crippen LogP contribution in [-0.4, -0.2) is 53.9 Å². The van der Waals surface area contributed by atoms with Crippen LogP contribution < -0.4 is 0 Å². The number of aliphatic hydroxyl groups excluding tert-OH is 1. The van der Waals surface area contributed by atoms with E-state index < -0.39 is 41.9 Å². The Bertz CT molecular complexity index is 689. The van der Waals surface area contributed by atoms with E-state index in [1.807, 2.05) is 30.3 Å². The maximum atomic E-state index is 11.7. The summed E-state index contributed by atoms with van der Waals surface area (Å²) in [6, 6.07) is 7.91. The van der Waals surface area contributed by atoms with Crippen LogP contribution in [0.1, 0.15) is 83.0 Å². The van der Waals surface area contributed by atoms with Gasteiger partial charge in [0, 0.05) is 10.5 Å². The fraction of sp³-hybridized carbons (Fsp3) is 0.760. The summed E-state index contributed by atoms with van der Waals surface area (Å²) in [6.45, 7) is 2.76. The van der Waals surface area contributed by atoms with Crippen molar-refractivity contribution in [3.63, 3.8) is 0 Å². The third-order valence-electron chi connectivity index (χ3n) is 6.43. The lowest BCUT2D eigenvalue weighted by Gasteiger charge is -2.44. The molecule has 2 fully saturated rings. The lowest BCUT2D eigenvalue weighted by Crippen LogP contribution is -2.64. The van der Waals surface area contributed by atoms with Crippen LogP contribution in [0.25, 0.3) is 0 Å². The van der Waals surface area contributed by atoms with Crippen LogP contribution in [0.3, 0.4) is 0 Å². The number of rotatable bonds is 14. The molecule has 2 saturated heterocycles. The standard InChI is InChI=1S/C25H39NO7/c1-2-3-4-5-6-7-8-9-10-14-17-30-25-21(26(28)29)22(27)23-20(32-25)18-31-24(33-23)19-15-12-11-13-16-19/h11-13,15-16,20-25,27H,2-10,14,17-18H2,1H3/t20-,21-,22-,23-,24-,25-/m1/s1. The molecule has 8 heteroatoms. The minimum absolute atomic E-state index is 0.170. The molecule has 2 aliphatic rings. The zero-order valence-electron chi connectivity index (χ0n) is 19.7. The lowest BCUT2D eigenvalue weighted by molar-refractivity contribution is -0.578. The van der Waals surface area contributed by atoms with Gasteiger partial charge in [-0.2, -0.15) is 0 Å². The first kappa shape index (κ1) is 26.0. The summed E-state index contributed by atoms with van der Waals surface area (Å²) in [6.07, 6.45) is 7.38. The molecule has 0 spiro atoms. The summed E-state index contributed by atoms with van der Waals surface area (Å²) in [4.78, 5) is 11.2. The summed E-state index contributed by atoms with van der Waals surface area (Å²) in [7, 11) is 0. The van der Waals surface area contributed by atoms with Gasteiger partial charge in [-0.05, 0) is 6.42 Å². The van der Waals surface area contributed by atoms with Crippen molar-refractivity contribution in [3.05, 3.63) is 46.0 Å². The van der Waals surface area contributed by atoms with Crippen LogP contribution in [0.5, 0.6) is 0 Å². The van der Waals surface area contributed by atoms with Crippen molar-refractivity contribution >= 4 is 0 Å². The number of nitrogens with zero attached hydrogens (tertiary/aromatic N) is 1. The van der Waals surface area contributed by atoms with Crippen LogP contribution in [0.4, 0.5) is 0 Å². The average molecular weight is 466 g/mol. The Morgan fingerprint density at radius 1 is 1.00 bits per heavy atom. The number of ether oxygens (including phenoxy) is 4. The molecule has 33 heavy (non-hydrogen) atoms. The van der Waals surface area contributed by atoms with E-state index in [2.05, 4.69) is 6.92 Å². The third kappa shape index (κ3) is 7.72.